The second-order valence-electron chi connectivity index (χ2n) is 4.07. The molecule has 19 heavy (non-hydrogen) atoms. The zero-order valence-electron chi connectivity index (χ0n) is 10.3. The Labute approximate surface area is 126 Å². The second-order valence-corrected chi connectivity index (χ2v) is 5.66. The van der Waals surface area contributed by atoms with Crippen molar-refractivity contribution in [2.45, 2.75) is 13.1 Å². The van der Waals surface area contributed by atoms with Gasteiger partial charge in [0.2, 0.25) is 0 Å². The van der Waals surface area contributed by atoms with Crippen LogP contribution >= 0.6 is 35.3 Å². The molecule has 0 bridgehead atoms. The number of halogens is 3. The van der Waals surface area contributed by atoms with Gasteiger partial charge in [-0.1, -0.05) is 11.6 Å². The van der Waals surface area contributed by atoms with Crippen LogP contribution in [0.15, 0.2) is 24.4 Å². The maximum absolute atomic E-state index is 13.6. The van der Waals surface area contributed by atoms with Crippen LogP contribution in [0.5, 0.6) is 0 Å². The quantitative estimate of drug-likeness (QED) is 0.936. The molecule has 2 rings (SSSR count). The standard InChI is InChI=1S/C12H13ClFN3S.ClH/c1-17(7-10-5-16-12(15)18-10)6-8-4-9(13)2-3-11(8)14;/h2-5H,6-7H2,1H3,(H2,15,16);1H. The van der Waals surface area contributed by atoms with Gasteiger partial charge in [0.05, 0.1) is 0 Å². The van der Waals surface area contributed by atoms with E-state index in [9.17, 15) is 4.39 Å². The van der Waals surface area contributed by atoms with Gasteiger partial charge in [0.25, 0.3) is 0 Å². The number of benzene rings is 1. The lowest BCUT2D eigenvalue weighted by atomic mass is 10.2. The predicted molar refractivity (Wildman–Crippen MR) is 80.4 cm³/mol. The zero-order valence-corrected chi connectivity index (χ0v) is 12.7. The van der Waals surface area contributed by atoms with Crippen LogP contribution in [0.25, 0.3) is 0 Å². The van der Waals surface area contributed by atoms with Crippen molar-refractivity contribution >= 4 is 40.5 Å². The molecule has 0 radical (unpaired) electrons. The SMILES string of the molecule is CN(Cc1cnc(N)s1)Cc1cc(Cl)ccc1F.Cl. The van der Waals surface area contributed by atoms with Gasteiger partial charge >= 0.3 is 0 Å². The molecule has 0 aliphatic carbocycles. The molecule has 2 aromatic rings. The Balaban J connectivity index is 0.00000180. The number of rotatable bonds is 4. The van der Waals surface area contributed by atoms with Crippen molar-refractivity contribution in [1.29, 1.82) is 0 Å². The molecular weight excluding hydrogens is 308 g/mol. The fourth-order valence-electron chi connectivity index (χ4n) is 1.67. The summed E-state index contributed by atoms with van der Waals surface area (Å²) < 4.78 is 13.6. The molecule has 0 saturated carbocycles. The van der Waals surface area contributed by atoms with Crippen molar-refractivity contribution in [1.82, 2.24) is 9.88 Å². The Morgan fingerprint density at radius 1 is 1.42 bits per heavy atom. The second kappa shape index (κ2) is 7.05. The summed E-state index contributed by atoms with van der Waals surface area (Å²) in [5.74, 6) is -0.241. The topological polar surface area (TPSA) is 42.2 Å². The lowest BCUT2D eigenvalue weighted by Crippen LogP contribution is -2.17. The Morgan fingerprint density at radius 3 is 2.79 bits per heavy atom. The van der Waals surface area contributed by atoms with Crippen LogP contribution in [-0.4, -0.2) is 16.9 Å². The Morgan fingerprint density at radius 2 is 2.16 bits per heavy atom. The largest absolute Gasteiger partial charge is 0.375 e. The predicted octanol–water partition coefficient (Wildman–Crippen LogP) is 3.57. The van der Waals surface area contributed by atoms with Crippen molar-refractivity contribution in [3.05, 3.63) is 45.7 Å². The lowest BCUT2D eigenvalue weighted by Gasteiger charge is -2.16. The number of nitrogens with zero attached hydrogens (tertiary/aromatic N) is 2. The van der Waals surface area contributed by atoms with E-state index in [4.69, 9.17) is 17.3 Å². The highest BCUT2D eigenvalue weighted by molar-refractivity contribution is 7.15. The average Bonchev–Trinajstić information content (AvgIpc) is 2.69. The molecule has 0 atom stereocenters. The number of nitrogen functional groups attached to an aromatic ring is 1. The van der Waals surface area contributed by atoms with Crippen molar-refractivity contribution in [3.63, 3.8) is 0 Å². The van der Waals surface area contributed by atoms with Gasteiger partial charge in [-0.3, -0.25) is 4.90 Å². The molecule has 3 nitrogen and oxygen atoms in total. The van der Waals surface area contributed by atoms with Gasteiger partial charge in [-0.05, 0) is 25.2 Å². The molecular formula is C12H14Cl2FN3S. The van der Waals surface area contributed by atoms with Gasteiger partial charge in [-0.2, -0.15) is 0 Å². The summed E-state index contributed by atoms with van der Waals surface area (Å²) >= 11 is 7.29. The van der Waals surface area contributed by atoms with Crippen molar-refractivity contribution in [3.8, 4) is 0 Å². The summed E-state index contributed by atoms with van der Waals surface area (Å²) in [7, 11) is 1.91. The first-order valence-electron chi connectivity index (χ1n) is 5.37. The average molecular weight is 322 g/mol. The zero-order chi connectivity index (χ0) is 13.1. The molecule has 0 saturated heterocycles. The van der Waals surface area contributed by atoms with Gasteiger partial charge in [0.1, 0.15) is 5.82 Å². The monoisotopic (exact) mass is 321 g/mol. The molecule has 1 heterocycles. The number of nitrogens with two attached hydrogens (primary N) is 1. The normalized spacial score (nSPS) is 10.5. The summed E-state index contributed by atoms with van der Waals surface area (Å²) in [4.78, 5) is 7.02. The number of hydrogen-bond acceptors (Lipinski definition) is 4. The van der Waals surface area contributed by atoms with Crippen LogP contribution in [0.3, 0.4) is 0 Å². The van der Waals surface area contributed by atoms with Gasteiger partial charge in [-0.25, -0.2) is 9.37 Å². The van der Waals surface area contributed by atoms with E-state index in [-0.39, 0.29) is 18.2 Å². The molecule has 0 unspecified atom stereocenters. The van der Waals surface area contributed by atoms with E-state index in [1.54, 1.807) is 18.3 Å². The number of thiazole rings is 1. The minimum Gasteiger partial charge on any atom is -0.375 e. The Hall–Kier alpha value is -0.880. The summed E-state index contributed by atoms with van der Waals surface area (Å²) in [6, 6.07) is 4.58. The van der Waals surface area contributed by atoms with E-state index < -0.39 is 0 Å². The smallest absolute Gasteiger partial charge is 0.180 e. The first-order valence-corrected chi connectivity index (χ1v) is 6.56. The molecule has 7 heteroatoms. The van der Waals surface area contributed by atoms with Crippen LogP contribution in [0, 0.1) is 5.82 Å². The maximum atomic E-state index is 13.6. The summed E-state index contributed by atoms with van der Waals surface area (Å²) in [6.07, 6.45) is 1.74. The van der Waals surface area contributed by atoms with E-state index in [0.29, 0.717) is 28.8 Å². The van der Waals surface area contributed by atoms with E-state index in [1.807, 2.05) is 11.9 Å². The van der Waals surface area contributed by atoms with Crippen LogP contribution < -0.4 is 5.73 Å². The van der Waals surface area contributed by atoms with Crippen LogP contribution in [-0.2, 0) is 13.1 Å². The fourth-order valence-corrected chi connectivity index (χ4v) is 2.63. The van der Waals surface area contributed by atoms with E-state index in [1.165, 1.54) is 17.4 Å². The van der Waals surface area contributed by atoms with E-state index in [2.05, 4.69) is 4.98 Å². The first-order chi connectivity index (χ1) is 8.54. The minimum atomic E-state index is -0.241. The van der Waals surface area contributed by atoms with Crippen molar-refractivity contribution in [2.24, 2.45) is 0 Å². The van der Waals surface area contributed by atoms with Gasteiger partial charge in [0, 0.05) is 34.7 Å². The minimum absolute atomic E-state index is 0. The van der Waals surface area contributed by atoms with E-state index >= 15 is 0 Å². The van der Waals surface area contributed by atoms with E-state index in [0.717, 1.165) is 4.88 Å². The third-order valence-corrected chi connectivity index (χ3v) is 3.49. The number of hydrogen-bond donors (Lipinski definition) is 1. The third-order valence-electron chi connectivity index (χ3n) is 2.45. The van der Waals surface area contributed by atoms with Crippen LogP contribution in [0.1, 0.15) is 10.4 Å². The first kappa shape index (κ1) is 16.2. The van der Waals surface area contributed by atoms with Gasteiger partial charge < -0.3 is 5.73 Å². The van der Waals surface area contributed by atoms with Crippen molar-refractivity contribution in [2.75, 3.05) is 12.8 Å². The van der Waals surface area contributed by atoms with Gasteiger partial charge in [-0.15, -0.1) is 23.7 Å². The Kier molecular flexibility index (Phi) is 6.00. The molecule has 0 aliphatic rings. The highest BCUT2D eigenvalue weighted by Gasteiger charge is 2.08. The van der Waals surface area contributed by atoms with Gasteiger partial charge in [0.15, 0.2) is 5.13 Å². The Bertz CT molecular complexity index is 548. The maximum Gasteiger partial charge on any atom is 0.180 e. The summed E-state index contributed by atoms with van der Waals surface area (Å²) in [6.45, 7) is 1.17. The molecule has 0 amide bonds. The fraction of sp³-hybridized carbons (Fsp3) is 0.250. The molecule has 1 aromatic carbocycles. The molecule has 104 valence electrons. The number of anilines is 1. The summed E-state index contributed by atoms with van der Waals surface area (Å²) in [5, 5.41) is 1.09. The highest BCUT2D eigenvalue weighted by Crippen LogP contribution is 2.19. The molecule has 0 fully saturated rings. The molecule has 1 aromatic heterocycles. The third kappa shape index (κ3) is 4.62. The highest BCUT2D eigenvalue weighted by atomic mass is 35.5. The summed E-state index contributed by atoms with van der Waals surface area (Å²) in [5.41, 5.74) is 6.15. The molecule has 2 N–H and O–H groups in total. The number of aromatic nitrogens is 1. The van der Waals surface area contributed by atoms with Crippen LogP contribution in [0.4, 0.5) is 9.52 Å². The van der Waals surface area contributed by atoms with Crippen molar-refractivity contribution < 1.29 is 4.39 Å². The molecule has 0 spiro atoms. The van der Waals surface area contributed by atoms with Crippen LogP contribution in [0.2, 0.25) is 5.02 Å². The molecule has 0 aliphatic heterocycles. The lowest BCUT2D eigenvalue weighted by molar-refractivity contribution is 0.316.